The van der Waals surface area contributed by atoms with Crippen LogP contribution in [0.1, 0.15) is 20.8 Å². The summed E-state index contributed by atoms with van der Waals surface area (Å²) in [5, 5.41) is 0. The van der Waals surface area contributed by atoms with Crippen LogP contribution in [0.3, 0.4) is 0 Å². The molecule has 0 aromatic heterocycles. The summed E-state index contributed by atoms with van der Waals surface area (Å²) in [6.45, 7) is 4.55. The molecule has 150 valence electrons. The van der Waals surface area contributed by atoms with Crippen LogP contribution in [0, 0.1) is 5.92 Å². The van der Waals surface area contributed by atoms with Gasteiger partial charge in [-0.1, -0.05) is 20.4 Å². The molecule has 0 radical (unpaired) electrons. The summed E-state index contributed by atoms with van der Waals surface area (Å²) in [6.07, 6.45) is -12.8. The van der Waals surface area contributed by atoms with Crippen molar-refractivity contribution in [2.24, 2.45) is 5.92 Å². The molecule has 0 amide bonds. The Morgan fingerprint density at radius 1 is 0.962 bits per heavy atom. The van der Waals surface area contributed by atoms with E-state index in [0.717, 1.165) is 6.92 Å². The number of carbonyl (C=O) groups excluding carboxylic acids is 3. The third-order valence-electron chi connectivity index (χ3n) is 2.57. The first-order valence-corrected chi connectivity index (χ1v) is 6.91. The third-order valence-corrected chi connectivity index (χ3v) is 2.57. The Balaban J connectivity index is 5.71. The van der Waals surface area contributed by atoms with Crippen LogP contribution in [0.25, 0.3) is 0 Å². The minimum Gasteiger partial charge on any atom is -0.462 e. The normalized spacial score (nSPS) is 12.5. The molecule has 0 aromatic carbocycles. The van der Waals surface area contributed by atoms with Crippen molar-refractivity contribution in [3.63, 3.8) is 0 Å². The Labute approximate surface area is 144 Å². The highest BCUT2D eigenvalue weighted by Gasteiger charge is 2.80. The number of hydrogen-bond donors (Lipinski definition) is 0. The van der Waals surface area contributed by atoms with Crippen LogP contribution in [-0.2, 0) is 28.6 Å². The lowest BCUT2D eigenvalue weighted by atomic mass is 10.0. The quantitative estimate of drug-likeness (QED) is 0.286. The van der Waals surface area contributed by atoms with E-state index in [9.17, 15) is 40.7 Å². The Morgan fingerprint density at radius 2 is 1.42 bits per heavy atom. The Kier molecular flexibility index (Phi) is 7.67. The van der Waals surface area contributed by atoms with Crippen molar-refractivity contribution < 1.29 is 54.9 Å². The highest BCUT2D eigenvalue weighted by atomic mass is 19.4. The van der Waals surface area contributed by atoms with Crippen LogP contribution in [0.15, 0.2) is 12.2 Å². The Bertz CT molecular complexity index is 549. The zero-order chi connectivity index (χ0) is 20.9. The van der Waals surface area contributed by atoms with Gasteiger partial charge < -0.3 is 14.2 Å². The van der Waals surface area contributed by atoms with Crippen LogP contribution in [0.5, 0.6) is 0 Å². The number of rotatable bonds is 7. The zero-order valence-corrected chi connectivity index (χ0v) is 13.9. The first-order valence-electron chi connectivity index (χ1n) is 6.91. The number of hydrogen-bond acceptors (Lipinski definition) is 6. The molecular weight excluding hydrogens is 378 g/mol. The second-order valence-corrected chi connectivity index (χ2v) is 5.50. The van der Waals surface area contributed by atoms with Gasteiger partial charge in [0.1, 0.15) is 0 Å². The molecule has 0 aliphatic carbocycles. The summed E-state index contributed by atoms with van der Waals surface area (Å²) in [5.41, 5.74) is -5.83. The van der Waals surface area contributed by atoms with E-state index in [-0.39, 0.29) is 5.57 Å². The summed E-state index contributed by atoms with van der Waals surface area (Å²) in [7, 11) is 0. The molecule has 26 heavy (non-hydrogen) atoms. The van der Waals surface area contributed by atoms with Gasteiger partial charge in [-0.15, -0.1) is 0 Å². The van der Waals surface area contributed by atoms with Gasteiger partial charge >= 0.3 is 35.9 Å². The van der Waals surface area contributed by atoms with Crippen LogP contribution in [0.4, 0.5) is 26.3 Å². The van der Waals surface area contributed by atoms with Gasteiger partial charge in [0.15, 0.2) is 6.61 Å². The van der Waals surface area contributed by atoms with Crippen molar-refractivity contribution in [3.8, 4) is 0 Å². The lowest BCUT2D eigenvalue weighted by molar-refractivity contribution is -0.359. The number of halogens is 6. The molecule has 0 spiro atoms. The van der Waals surface area contributed by atoms with E-state index in [1.807, 2.05) is 0 Å². The lowest BCUT2D eigenvalue weighted by Crippen LogP contribution is -2.65. The summed E-state index contributed by atoms with van der Waals surface area (Å²) in [6, 6.07) is 0. The van der Waals surface area contributed by atoms with Crippen LogP contribution in [-0.4, -0.2) is 49.1 Å². The van der Waals surface area contributed by atoms with E-state index >= 15 is 0 Å². The topological polar surface area (TPSA) is 78.9 Å². The molecule has 0 aliphatic rings. The van der Waals surface area contributed by atoms with E-state index in [1.54, 1.807) is 0 Å². The monoisotopic (exact) mass is 394 g/mol. The van der Waals surface area contributed by atoms with Crippen LogP contribution in [0.2, 0.25) is 0 Å². The molecular formula is C14H16F6O6. The number of carbonyl (C=O) groups is 3. The molecule has 0 heterocycles. The first kappa shape index (κ1) is 23.7. The van der Waals surface area contributed by atoms with Crippen molar-refractivity contribution in [1.29, 1.82) is 0 Å². The zero-order valence-electron chi connectivity index (χ0n) is 13.9. The fourth-order valence-corrected chi connectivity index (χ4v) is 1.34. The van der Waals surface area contributed by atoms with Gasteiger partial charge in [0, 0.05) is 5.57 Å². The lowest BCUT2D eigenvalue weighted by Gasteiger charge is -2.34. The highest BCUT2D eigenvalue weighted by molar-refractivity contribution is 5.89. The summed E-state index contributed by atoms with van der Waals surface area (Å²) < 4.78 is 90.2. The average molecular weight is 394 g/mol. The van der Waals surface area contributed by atoms with Crippen LogP contribution < -0.4 is 0 Å². The van der Waals surface area contributed by atoms with Gasteiger partial charge in [0.05, 0.1) is 6.61 Å². The van der Waals surface area contributed by atoms with Gasteiger partial charge in [0.2, 0.25) is 0 Å². The van der Waals surface area contributed by atoms with Gasteiger partial charge in [-0.05, 0) is 12.8 Å². The van der Waals surface area contributed by atoms with E-state index in [2.05, 4.69) is 20.8 Å². The fourth-order valence-electron chi connectivity index (χ4n) is 1.34. The standard InChI is InChI=1S/C14H16F6O6/c1-7(2)5-25-11(23)12(13(15,16)17,14(18,19)20)26-9(21)6-24-10(22)8(3)4/h7H,3,5-6H2,1-2,4H3. The summed E-state index contributed by atoms with van der Waals surface area (Å²) >= 11 is 0. The largest absolute Gasteiger partial charge is 0.462 e. The summed E-state index contributed by atoms with van der Waals surface area (Å²) in [5.74, 6) is -6.96. The predicted molar refractivity (Wildman–Crippen MR) is 72.5 cm³/mol. The van der Waals surface area contributed by atoms with E-state index in [4.69, 9.17) is 0 Å². The average Bonchev–Trinajstić information content (AvgIpc) is 2.44. The minimum absolute atomic E-state index is 0.271. The minimum atomic E-state index is -6.38. The molecule has 0 atom stereocenters. The molecule has 0 unspecified atom stereocenters. The molecule has 0 bridgehead atoms. The molecule has 0 saturated heterocycles. The number of alkyl halides is 6. The molecule has 0 rings (SSSR count). The van der Waals surface area contributed by atoms with Gasteiger partial charge in [-0.25, -0.2) is 14.4 Å². The molecule has 0 fully saturated rings. The molecule has 0 aromatic rings. The van der Waals surface area contributed by atoms with Crippen molar-refractivity contribution in [2.45, 2.75) is 38.7 Å². The van der Waals surface area contributed by atoms with Gasteiger partial charge in [-0.3, -0.25) is 0 Å². The molecule has 0 aliphatic heterocycles. The Morgan fingerprint density at radius 3 is 1.77 bits per heavy atom. The van der Waals surface area contributed by atoms with E-state index < -0.39 is 55.0 Å². The highest BCUT2D eigenvalue weighted by Crippen LogP contribution is 2.47. The maximum atomic E-state index is 13.1. The molecule has 0 N–H and O–H groups in total. The van der Waals surface area contributed by atoms with Gasteiger partial charge in [-0.2, -0.15) is 26.3 Å². The van der Waals surface area contributed by atoms with Crippen molar-refractivity contribution in [2.75, 3.05) is 13.2 Å². The molecule has 12 heteroatoms. The fraction of sp³-hybridized carbons (Fsp3) is 0.643. The van der Waals surface area contributed by atoms with E-state index in [0.29, 0.717) is 0 Å². The second-order valence-electron chi connectivity index (χ2n) is 5.50. The predicted octanol–water partition coefficient (Wildman–Crippen LogP) is 2.71. The van der Waals surface area contributed by atoms with Crippen molar-refractivity contribution in [3.05, 3.63) is 12.2 Å². The Hall–Kier alpha value is -2.27. The SMILES string of the molecule is C=C(C)C(=O)OCC(=O)OC(C(=O)OCC(C)C)(C(F)(F)F)C(F)(F)F. The third kappa shape index (κ3) is 5.63. The van der Waals surface area contributed by atoms with Gasteiger partial charge in [0.25, 0.3) is 0 Å². The van der Waals surface area contributed by atoms with E-state index in [1.165, 1.54) is 13.8 Å². The molecule has 6 nitrogen and oxygen atoms in total. The smallest absolute Gasteiger partial charge is 0.449 e. The number of ether oxygens (including phenoxy) is 3. The van der Waals surface area contributed by atoms with Crippen LogP contribution >= 0.6 is 0 Å². The summed E-state index contributed by atoms with van der Waals surface area (Å²) in [4.78, 5) is 34.0. The maximum Gasteiger partial charge on any atom is 0.449 e. The first-order chi connectivity index (χ1) is 11.6. The molecule has 0 saturated carbocycles. The van der Waals surface area contributed by atoms with Crippen molar-refractivity contribution >= 4 is 17.9 Å². The number of esters is 3. The van der Waals surface area contributed by atoms with Crippen molar-refractivity contribution in [1.82, 2.24) is 0 Å². The maximum absolute atomic E-state index is 13.1. The second kappa shape index (κ2) is 8.41.